The van der Waals surface area contributed by atoms with Crippen LogP contribution >= 0.6 is 0 Å². The molecule has 0 saturated heterocycles. The predicted octanol–water partition coefficient (Wildman–Crippen LogP) is 13.1. The maximum absolute atomic E-state index is 5.01. The van der Waals surface area contributed by atoms with Crippen LogP contribution in [0.3, 0.4) is 0 Å². The van der Waals surface area contributed by atoms with E-state index in [0.29, 0.717) is 11.6 Å². The SMILES string of the molecule is C=N/C=C\C=C(/C)c1cc(-c2ccc(-c3ccc4c(-c5ccc(-c6cc(-c7cccnc7)nc(-c7ccccc7)n6)cc5)cccc4c3)cc2)nc(-c2ccccc2)n1. The average Bonchev–Trinajstić information content (AvgIpc) is 3.32. The van der Waals surface area contributed by atoms with Crippen molar-refractivity contribution in [3.8, 4) is 78.8 Å². The van der Waals surface area contributed by atoms with Crippen molar-refractivity contribution >= 4 is 23.1 Å². The Labute approximate surface area is 343 Å². The Morgan fingerprint density at radius 3 is 1.71 bits per heavy atom. The zero-order chi connectivity index (χ0) is 40.0. The molecule has 0 spiro atoms. The maximum Gasteiger partial charge on any atom is 0.160 e. The normalized spacial score (nSPS) is 11.6. The van der Waals surface area contributed by atoms with Crippen molar-refractivity contribution in [1.29, 1.82) is 0 Å². The molecule has 9 aromatic rings. The Morgan fingerprint density at radius 1 is 0.492 bits per heavy atom. The molecule has 3 heterocycles. The molecule has 0 atom stereocenters. The summed E-state index contributed by atoms with van der Waals surface area (Å²) < 4.78 is 0. The number of allylic oxidation sites excluding steroid dienone is 3. The Balaban J connectivity index is 1.01. The number of fused-ring (bicyclic) bond motifs is 1. The van der Waals surface area contributed by atoms with Crippen LogP contribution in [0.2, 0.25) is 0 Å². The van der Waals surface area contributed by atoms with Gasteiger partial charge in [-0.2, -0.15) is 0 Å². The van der Waals surface area contributed by atoms with Crippen molar-refractivity contribution in [1.82, 2.24) is 24.9 Å². The van der Waals surface area contributed by atoms with Crippen molar-refractivity contribution < 1.29 is 0 Å². The Morgan fingerprint density at radius 2 is 1.07 bits per heavy atom. The number of pyridine rings is 1. The van der Waals surface area contributed by atoms with Gasteiger partial charge in [-0.1, -0.05) is 146 Å². The number of aliphatic imine (C=N–C) groups is 1. The van der Waals surface area contributed by atoms with Gasteiger partial charge >= 0.3 is 0 Å². The summed E-state index contributed by atoms with van der Waals surface area (Å²) in [5.74, 6) is 1.36. The van der Waals surface area contributed by atoms with E-state index in [1.807, 2.05) is 110 Å². The molecule has 9 rings (SSSR count). The standard InChI is InChI=1S/C53H38N6/c1-36(12-10-30-54-2)48-33-49(57-52(56-48)41-13-5-3-6-14-41)39-24-20-37(21-25-39)43-28-29-47-44(32-43)17-9-19-46(47)38-22-26-40(27-23-38)50-34-51(45-18-11-31-55-35-45)59-53(58-50)42-15-7-4-8-16-42/h3-35H,2H2,1H3/b30-10-,36-12+. The minimum Gasteiger partial charge on any atom is -0.273 e. The lowest BCUT2D eigenvalue weighted by Crippen LogP contribution is -1.97. The van der Waals surface area contributed by atoms with E-state index in [1.165, 1.54) is 16.3 Å². The van der Waals surface area contributed by atoms with Crippen molar-refractivity contribution in [2.24, 2.45) is 4.99 Å². The highest BCUT2D eigenvalue weighted by Crippen LogP contribution is 2.35. The second-order valence-electron chi connectivity index (χ2n) is 14.2. The first-order chi connectivity index (χ1) is 29.1. The van der Waals surface area contributed by atoms with Crippen LogP contribution < -0.4 is 0 Å². The van der Waals surface area contributed by atoms with Crippen molar-refractivity contribution in [2.45, 2.75) is 6.92 Å². The van der Waals surface area contributed by atoms with E-state index in [-0.39, 0.29) is 0 Å². The summed E-state index contributed by atoms with van der Waals surface area (Å²) in [4.78, 5) is 28.0. The van der Waals surface area contributed by atoms with Crippen molar-refractivity contribution in [2.75, 3.05) is 0 Å². The topological polar surface area (TPSA) is 76.8 Å². The zero-order valence-electron chi connectivity index (χ0n) is 32.4. The summed E-state index contributed by atoms with van der Waals surface area (Å²) in [6.45, 7) is 5.57. The third-order valence-corrected chi connectivity index (χ3v) is 10.3. The second kappa shape index (κ2) is 16.6. The Kier molecular flexibility index (Phi) is 10.3. The molecule has 0 aliphatic carbocycles. The number of aromatic nitrogens is 5. The van der Waals surface area contributed by atoms with E-state index < -0.39 is 0 Å². The van der Waals surface area contributed by atoms with Gasteiger partial charge in [0.2, 0.25) is 0 Å². The molecule has 6 nitrogen and oxygen atoms in total. The fourth-order valence-electron chi connectivity index (χ4n) is 7.19. The summed E-state index contributed by atoms with van der Waals surface area (Å²) in [7, 11) is 0. The number of nitrogens with zero attached hydrogens (tertiary/aromatic N) is 6. The molecule has 0 unspecified atom stereocenters. The second-order valence-corrected chi connectivity index (χ2v) is 14.2. The molecular formula is C53H38N6. The largest absolute Gasteiger partial charge is 0.273 e. The molecule has 59 heavy (non-hydrogen) atoms. The number of hydrogen-bond donors (Lipinski definition) is 0. The Bertz CT molecular complexity index is 2920. The van der Waals surface area contributed by atoms with Crippen LogP contribution in [-0.2, 0) is 0 Å². The number of hydrogen-bond acceptors (Lipinski definition) is 6. The number of rotatable bonds is 10. The van der Waals surface area contributed by atoms with E-state index in [4.69, 9.17) is 19.9 Å². The maximum atomic E-state index is 5.01. The van der Waals surface area contributed by atoms with Crippen LogP contribution in [0, 0.1) is 0 Å². The number of benzene rings is 6. The van der Waals surface area contributed by atoms with Gasteiger partial charge in [-0.25, -0.2) is 19.9 Å². The van der Waals surface area contributed by atoms with Crippen LogP contribution in [0.5, 0.6) is 0 Å². The first-order valence-corrected chi connectivity index (χ1v) is 19.4. The predicted molar refractivity (Wildman–Crippen MR) is 243 cm³/mol. The van der Waals surface area contributed by atoms with Gasteiger partial charge in [0, 0.05) is 46.4 Å². The lowest BCUT2D eigenvalue weighted by molar-refractivity contribution is 1.15. The van der Waals surface area contributed by atoms with Crippen molar-refractivity contribution in [3.63, 3.8) is 0 Å². The molecule has 0 amide bonds. The van der Waals surface area contributed by atoms with Gasteiger partial charge in [-0.3, -0.25) is 9.98 Å². The molecule has 3 aromatic heterocycles. The first kappa shape index (κ1) is 36.7. The molecule has 280 valence electrons. The summed E-state index contributed by atoms with van der Waals surface area (Å²) in [5, 5.41) is 2.37. The summed E-state index contributed by atoms with van der Waals surface area (Å²) >= 11 is 0. The molecule has 0 N–H and O–H groups in total. The van der Waals surface area contributed by atoms with Crippen LogP contribution in [-0.4, -0.2) is 31.6 Å². The highest BCUT2D eigenvalue weighted by Gasteiger charge is 2.14. The van der Waals surface area contributed by atoms with Crippen LogP contribution in [0.25, 0.3) is 95.1 Å². The van der Waals surface area contributed by atoms with Gasteiger partial charge in [-0.05, 0) is 88.6 Å². The van der Waals surface area contributed by atoms with Gasteiger partial charge in [0.15, 0.2) is 11.6 Å². The third-order valence-electron chi connectivity index (χ3n) is 10.3. The van der Waals surface area contributed by atoms with E-state index in [0.717, 1.165) is 72.9 Å². The Hall–Kier alpha value is -7.96. The fraction of sp³-hybridized carbons (Fsp3) is 0.0189. The molecule has 0 aliphatic heterocycles. The highest BCUT2D eigenvalue weighted by molar-refractivity contribution is 5.99. The smallest absolute Gasteiger partial charge is 0.160 e. The van der Waals surface area contributed by atoms with Crippen LogP contribution in [0.1, 0.15) is 12.6 Å². The molecule has 0 bridgehead atoms. The van der Waals surface area contributed by atoms with Gasteiger partial charge in [-0.15, -0.1) is 0 Å². The minimum atomic E-state index is 0.680. The van der Waals surface area contributed by atoms with Gasteiger partial charge < -0.3 is 0 Å². The first-order valence-electron chi connectivity index (χ1n) is 19.4. The van der Waals surface area contributed by atoms with Crippen LogP contribution in [0.4, 0.5) is 0 Å². The van der Waals surface area contributed by atoms with Crippen LogP contribution in [0.15, 0.2) is 206 Å². The minimum absolute atomic E-state index is 0.680. The van der Waals surface area contributed by atoms with E-state index in [1.54, 1.807) is 12.4 Å². The fourth-order valence-corrected chi connectivity index (χ4v) is 7.19. The molecule has 0 saturated carbocycles. The zero-order valence-corrected chi connectivity index (χ0v) is 32.4. The lowest BCUT2D eigenvalue weighted by atomic mass is 9.94. The van der Waals surface area contributed by atoms with Gasteiger partial charge in [0.1, 0.15) is 0 Å². The van der Waals surface area contributed by atoms with Crippen molar-refractivity contribution in [3.05, 3.63) is 206 Å². The summed E-state index contributed by atoms with van der Waals surface area (Å²) in [6, 6.07) is 58.7. The van der Waals surface area contributed by atoms with E-state index in [9.17, 15) is 0 Å². The molecule has 0 radical (unpaired) electrons. The monoisotopic (exact) mass is 758 g/mol. The molecule has 6 aromatic carbocycles. The quantitative estimate of drug-likeness (QED) is 0.103. The van der Waals surface area contributed by atoms with E-state index >= 15 is 0 Å². The van der Waals surface area contributed by atoms with E-state index in [2.05, 4.69) is 102 Å². The molecule has 6 heteroatoms. The summed E-state index contributed by atoms with van der Waals surface area (Å²) in [5.41, 5.74) is 13.9. The average molecular weight is 759 g/mol. The van der Waals surface area contributed by atoms with Gasteiger partial charge in [0.05, 0.1) is 22.8 Å². The third kappa shape index (κ3) is 8.01. The van der Waals surface area contributed by atoms with Gasteiger partial charge in [0.25, 0.3) is 0 Å². The molecular weight excluding hydrogens is 721 g/mol. The lowest BCUT2D eigenvalue weighted by Gasteiger charge is -2.12. The highest BCUT2D eigenvalue weighted by atomic mass is 14.9. The summed E-state index contributed by atoms with van der Waals surface area (Å²) in [6.07, 6.45) is 9.13. The molecule has 0 aliphatic rings. The molecule has 0 fully saturated rings.